The van der Waals surface area contributed by atoms with E-state index in [1.165, 1.54) is 12.5 Å². The first-order valence-corrected chi connectivity index (χ1v) is 6.78. The summed E-state index contributed by atoms with van der Waals surface area (Å²) >= 11 is 0. The Bertz CT molecular complexity index is 559. The van der Waals surface area contributed by atoms with Gasteiger partial charge in [0, 0.05) is 24.7 Å². The Morgan fingerprint density at radius 2 is 2.05 bits per heavy atom. The molecule has 0 aliphatic heterocycles. The molecule has 106 valence electrons. The van der Waals surface area contributed by atoms with E-state index in [-0.39, 0.29) is 5.91 Å². The SMILES string of the molecule is Cc1ccc(/C=C/C(=O)O)cc1C(=O)N(C)C1CCC1. The number of rotatable bonds is 4. The van der Waals surface area contributed by atoms with Gasteiger partial charge in [-0.2, -0.15) is 0 Å². The number of carboxylic acids is 1. The Kier molecular flexibility index (Phi) is 4.23. The minimum atomic E-state index is -0.995. The molecule has 1 saturated carbocycles. The van der Waals surface area contributed by atoms with E-state index in [0.717, 1.165) is 30.0 Å². The van der Waals surface area contributed by atoms with Gasteiger partial charge in [-0.05, 0) is 49.5 Å². The average Bonchev–Trinajstić information content (AvgIpc) is 2.34. The molecular weight excluding hydrogens is 254 g/mol. The largest absolute Gasteiger partial charge is 0.478 e. The fourth-order valence-corrected chi connectivity index (χ4v) is 2.27. The molecule has 0 atom stereocenters. The molecule has 0 aromatic heterocycles. The van der Waals surface area contributed by atoms with Crippen molar-refractivity contribution in [3.05, 3.63) is 41.0 Å². The highest BCUT2D eigenvalue weighted by atomic mass is 16.4. The Labute approximate surface area is 118 Å². The van der Waals surface area contributed by atoms with Gasteiger partial charge in [-0.15, -0.1) is 0 Å². The maximum absolute atomic E-state index is 12.5. The average molecular weight is 273 g/mol. The number of benzene rings is 1. The van der Waals surface area contributed by atoms with Crippen LogP contribution in [0.2, 0.25) is 0 Å². The van der Waals surface area contributed by atoms with Crippen molar-refractivity contribution in [2.24, 2.45) is 0 Å². The van der Waals surface area contributed by atoms with Gasteiger partial charge in [0.25, 0.3) is 5.91 Å². The molecule has 0 bridgehead atoms. The number of amides is 1. The van der Waals surface area contributed by atoms with Crippen LogP contribution in [0.1, 0.15) is 40.7 Å². The zero-order chi connectivity index (χ0) is 14.7. The van der Waals surface area contributed by atoms with Crippen molar-refractivity contribution < 1.29 is 14.7 Å². The quantitative estimate of drug-likeness (QED) is 0.858. The van der Waals surface area contributed by atoms with Crippen molar-refractivity contribution in [2.75, 3.05) is 7.05 Å². The van der Waals surface area contributed by atoms with E-state index in [0.29, 0.717) is 11.6 Å². The highest BCUT2D eigenvalue weighted by molar-refractivity contribution is 5.96. The minimum absolute atomic E-state index is 0.0118. The molecule has 1 fully saturated rings. The maximum Gasteiger partial charge on any atom is 0.328 e. The summed E-state index contributed by atoms with van der Waals surface area (Å²) in [6.45, 7) is 1.90. The smallest absolute Gasteiger partial charge is 0.328 e. The van der Waals surface area contributed by atoms with Crippen molar-refractivity contribution in [1.82, 2.24) is 4.90 Å². The number of nitrogens with zero attached hydrogens (tertiary/aromatic N) is 1. The number of hydrogen-bond acceptors (Lipinski definition) is 2. The maximum atomic E-state index is 12.5. The number of carboxylic acid groups (broad SMARTS) is 1. The van der Waals surface area contributed by atoms with Crippen molar-refractivity contribution >= 4 is 18.0 Å². The fraction of sp³-hybridized carbons (Fsp3) is 0.375. The Morgan fingerprint density at radius 1 is 1.35 bits per heavy atom. The van der Waals surface area contributed by atoms with E-state index >= 15 is 0 Å². The van der Waals surface area contributed by atoms with E-state index < -0.39 is 5.97 Å². The number of aliphatic carboxylic acids is 1. The molecule has 20 heavy (non-hydrogen) atoms. The Hall–Kier alpha value is -2.10. The van der Waals surface area contributed by atoms with Crippen LogP contribution in [0.15, 0.2) is 24.3 Å². The third-order valence-corrected chi connectivity index (χ3v) is 3.85. The van der Waals surface area contributed by atoms with Gasteiger partial charge in [0.05, 0.1) is 0 Å². The van der Waals surface area contributed by atoms with Crippen LogP contribution in [0.3, 0.4) is 0 Å². The van der Waals surface area contributed by atoms with E-state index in [9.17, 15) is 9.59 Å². The summed E-state index contributed by atoms with van der Waals surface area (Å²) in [5.41, 5.74) is 2.28. The van der Waals surface area contributed by atoms with Crippen molar-refractivity contribution in [3.8, 4) is 0 Å². The molecule has 0 saturated heterocycles. The molecule has 0 radical (unpaired) electrons. The van der Waals surface area contributed by atoms with Crippen LogP contribution < -0.4 is 0 Å². The number of carbonyl (C=O) groups excluding carboxylic acids is 1. The molecule has 1 aliphatic rings. The summed E-state index contributed by atoms with van der Waals surface area (Å²) in [7, 11) is 1.84. The van der Waals surface area contributed by atoms with Crippen LogP contribution in [0.5, 0.6) is 0 Å². The van der Waals surface area contributed by atoms with Gasteiger partial charge in [-0.3, -0.25) is 4.79 Å². The molecule has 1 aromatic carbocycles. The van der Waals surface area contributed by atoms with Crippen LogP contribution >= 0.6 is 0 Å². The highest BCUT2D eigenvalue weighted by Crippen LogP contribution is 2.25. The molecule has 0 heterocycles. The molecule has 1 N–H and O–H groups in total. The molecule has 4 nitrogen and oxygen atoms in total. The van der Waals surface area contributed by atoms with Gasteiger partial charge in [0.2, 0.25) is 0 Å². The molecule has 1 aliphatic carbocycles. The third-order valence-electron chi connectivity index (χ3n) is 3.85. The lowest BCUT2D eigenvalue weighted by Gasteiger charge is -2.35. The van der Waals surface area contributed by atoms with Gasteiger partial charge in [0.1, 0.15) is 0 Å². The summed E-state index contributed by atoms with van der Waals surface area (Å²) in [5.74, 6) is -0.984. The molecular formula is C16H19NO3. The van der Waals surface area contributed by atoms with Crippen molar-refractivity contribution in [2.45, 2.75) is 32.2 Å². The van der Waals surface area contributed by atoms with E-state index in [1.54, 1.807) is 11.0 Å². The minimum Gasteiger partial charge on any atom is -0.478 e. The van der Waals surface area contributed by atoms with Gasteiger partial charge in [-0.25, -0.2) is 4.79 Å². The zero-order valence-electron chi connectivity index (χ0n) is 11.8. The van der Waals surface area contributed by atoms with Crippen LogP contribution in [-0.4, -0.2) is 35.0 Å². The van der Waals surface area contributed by atoms with Crippen LogP contribution in [-0.2, 0) is 4.79 Å². The second kappa shape index (κ2) is 5.90. The van der Waals surface area contributed by atoms with Crippen molar-refractivity contribution in [3.63, 3.8) is 0 Å². The lowest BCUT2D eigenvalue weighted by molar-refractivity contribution is -0.131. The number of aryl methyl sites for hydroxylation is 1. The number of hydrogen-bond donors (Lipinski definition) is 1. The lowest BCUT2D eigenvalue weighted by Crippen LogP contribution is -2.41. The monoisotopic (exact) mass is 273 g/mol. The Balaban J connectivity index is 2.23. The molecule has 0 unspecified atom stereocenters. The standard InChI is InChI=1S/C16H19NO3/c1-11-6-7-12(8-9-15(18)19)10-14(11)16(20)17(2)13-4-3-5-13/h6-10,13H,3-5H2,1-2H3,(H,18,19)/b9-8+. The summed E-state index contributed by atoms with van der Waals surface area (Å²) in [6, 6.07) is 5.77. The van der Waals surface area contributed by atoms with E-state index in [1.807, 2.05) is 26.1 Å². The predicted octanol–water partition coefficient (Wildman–Crippen LogP) is 2.72. The zero-order valence-corrected chi connectivity index (χ0v) is 11.8. The second-order valence-corrected chi connectivity index (χ2v) is 5.25. The molecule has 2 rings (SSSR count). The first-order valence-electron chi connectivity index (χ1n) is 6.78. The van der Waals surface area contributed by atoms with E-state index in [4.69, 9.17) is 5.11 Å². The second-order valence-electron chi connectivity index (χ2n) is 5.25. The van der Waals surface area contributed by atoms with Gasteiger partial charge >= 0.3 is 5.97 Å². The summed E-state index contributed by atoms with van der Waals surface area (Å²) < 4.78 is 0. The van der Waals surface area contributed by atoms with Crippen LogP contribution in [0.25, 0.3) is 6.08 Å². The van der Waals surface area contributed by atoms with Gasteiger partial charge in [-0.1, -0.05) is 12.1 Å². The molecule has 1 aromatic rings. The van der Waals surface area contributed by atoms with Crippen LogP contribution in [0.4, 0.5) is 0 Å². The normalized spacial score (nSPS) is 15.1. The van der Waals surface area contributed by atoms with Crippen LogP contribution in [0, 0.1) is 6.92 Å². The van der Waals surface area contributed by atoms with E-state index in [2.05, 4.69) is 0 Å². The first-order chi connectivity index (χ1) is 9.49. The Morgan fingerprint density at radius 3 is 2.60 bits per heavy atom. The first kappa shape index (κ1) is 14.3. The highest BCUT2D eigenvalue weighted by Gasteiger charge is 2.26. The fourth-order valence-electron chi connectivity index (χ4n) is 2.27. The summed E-state index contributed by atoms with van der Waals surface area (Å²) in [6.07, 6.45) is 5.90. The van der Waals surface area contributed by atoms with Gasteiger partial charge < -0.3 is 10.0 Å². The van der Waals surface area contributed by atoms with Gasteiger partial charge in [0.15, 0.2) is 0 Å². The van der Waals surface area contributed by atoms with Crippen molar-refractivity contribution in [1.29, 1.82) is 0 Å². The topological polar surface area (TPSA) is 57.6 Å². The molecule has 0 spiro atoms. The summed E-state index contributed by atoms with van der Waals surface area (Å²) in [5, 5.41) is 8.65. The third kappa shape index (κ3) is 3.07. The summed E-state index contributed by atoms with van der Waals surface area (Å²) in [4.78, 5) is 24.8. The number of carbonyl (C=O) groups is 2. The molecule has 4 heteroatoms. The predicted molar refractivity (Wildman–Crippen MR) is 77.6 cm³/mol. The lowest BCUT2D eigenvalue weighted by atomic mass is 9.91. The molecule has 1 amide bonds.